The number of alkyl halides is 5. The minimum atomic E-state index is -5.39. The van der Waals surface area contributed by atoms with Crippen molar-refractivity contribution in [2.45, 2.75) is 31.2 Å². The van der Waals surface area contributed by atoms with Gasteiger partial charge in [0.25, 0.3) is 0 Å². The van der Waals surface area contributed by atoms with Gasteiger partial charge in [0, 0.05) is 6.42 Å². The molecule has 1 rings (SSSR count). The Morgan fingerprint density at radius 1 is 1.15 bits per heavy atom. The van der Waals surface area contributed by atoms with Crippen molar-refractivity contribution in [2.24, 2.45) is 5.73 Å². The van der Waals surface area contributed by atoms with Gasteiger partial charge in [-0.05, 0) is 12.5 Å². The van der Waals surface area contributed by atoms with Crippen LogP contribution in [0.15, 0.2) is 30.3 Å². The highest BCUT2D eigenvalue weighted by atomic mass is 19.4. The fourth-order valence-corrected chi connectivity index (χ4v) is 1.35. The molecule has 0 heterocycles. The maximum Gasteiger partial charge on any atom is 0.490 e. The van der Waals surface area contributed by atoms with Crippen LogP contribution in [0.4, 0.5) is 22.0 Å². The third-order valence-electron chi connectivity index (χ3n) is 2.53. The second-order valence-electron chi connectivity index (χ2n) is 4.36. The lowest BCUT2D eigenvalue weighted by Crippen LogP contribution is -2.58. The molecule has 112 valence electrons. The van der Waals surface area contributed by atoms with E-state index in [1.165, 1.54) is 24.3 Å². The standard InChI is InChI=1S/C12H12F5NO2/c1-10(18,20-9(19)12(15,16)17)11(13,14)7-8-5-3-2-4-6-8/h2-6H,7,18H2,1H3/t10-/m1/s1. The van der Waals surface area contributed by atoms with Crippen molar-refractivity contribution in [3.63, 3.8) is 0 Å². The molecular weight excluding hydrogens is 285 g/mol. The Labute approximate surface area is 111 Å². The first-order valence-corrected chi connectivity index (χ1v) is 5.46. The SMILES string of the molecule is C[C@@](N)(OC(=O)C(F)(F)F)C(F)(F)Cc1ccccc1. The van der Waals surface area contributed by atoms with Crippen LogP contribution >= 0.6 is 0 Å². The molecule has 0 aromatic heterocycles. The number of carbonyl (C=O) groups is 1. The normalized spacial score (nSPS) is 15.6. The zero-order chi connectivity index (χ0) is 15.6. The van der Waals surface area contributed by atoms with E-state index in [-0.39, 0.29) is 5.56 Å². The smallest absolute Gasteiger partial charge is 0.431 e. The van der Waals surface area contributed by atoms with Crippen molar-refractivity contribution in [2.75, 3.05) is 0 Å². The zero-order valence-electron chi connectivity index (χ0n) is 10.4. The summed E-state index contributed by atoms with van der Waals surface area (Å²) in [6.07, 6.45) is -6.34. The van der Waals surface area contributed by atoms with Crippen LogP contribution in [0.2, 0.25) is 0 Å². The molecule has 0 aliphatic heterocycles. The zero-order valence-corrected chi connectivity index (χ0v) is 10.4. The number of nitrogens with two attached hydrogens (primary N) is 1. The Bertz CT molecular complexity index is 470. The van der Waals surface area contributed by atoms with E-state index in [0.29, 0.717) is 6.92 Å². The number of hydrogen-bond acceptors (Lipinski definition) is 3. The molecule has 0 unspecified atom stereocenters. The monoisotopic (exact) mass is 297 g/mol. The Hall–Kier alpha value is -1.70. The molecule has 0 bridgehead atoms. The van der Waals surface area contributed by atoms with Crippen LogP contribution in [0.25, 0.3) is 0 Å². The van der Waals surface area contributed by atoms with Gasteiger partial charge in [0.15, 0.2) is 0 Å². The van der Waals surface area contributed by atoms with E-state index in [1.807, 2.05) is 0 Å². The van der Waals surface area contributed by atoms with Crippen LogP contribution in [-0.4, -0.2) is 23.8 Å². The molecule has 0 saturated carbocycles. The summed E-state index contributed by atoms with van der Waals surface area (Å²) in [6, 6.07) is 7.28. The minimum Gasteiger partial charge on any atom is -0.431 e. The Kier molecular flexibility index (Phi) is 4.38. The van der Waals surface area contributed by atoms with E-state index in [4.69, 9.17) is 5.73 Å². The van der Waals surface area contributed by atoms with Gasteiger partial charge in [-0.3, -0.25) is 5.73 Å². The summed E-state index contributed by atoms with van der Waals surface area (Å²) in [5.41, 5.74) is 2.12. The molecule has 1 atom stereocenters. The number of carbonyl (C=O) groups excluding carboxylic acids is 1. The van der Waals surface area contributed by atoms with E-state index in [9.17, 15) is 26.7 Å². The van der Waals surface area contributed by atoms with Crippen molar-refractivity contribution in [1.29, 1.82) is 0 Å². The average Bonchev–Trinajstić information content (AvgIpc) is 2.27. The van der Waals surface area contributed by atoms with Gasteiger partial charge < -0.3 is 4.74 Å². The second-order valence-corrected chi connectivity index (χ2v) is 4.36. The Morgan fingerprint density at radius 3 is 2.10 bits per heavy atom. The average molecular weight is 297 g/mol. The fraction of sp³-hybridized carbons (Fsp3) is 0.417. The second kappa shape index (κ2) is 5.35. The summed E-state index contributed by atoms with van der Waals surface area (Å²) in [5, 5.41) is 0. The largest absolute Gasteiger partial charge is 0.490 e. The Balaban J connectivity index is 2.86. The summed E-state index contributed by atoms with van der Waals surface area (Å²) < 4.78 is 67.5. The topological polar surface area (TPSA) is 52.3 Å². The first kappa shape index (κ1) is 16.4. The maximum atomic E-state index is 13.9. The molecule has 1 aromatic rings. The van der Waals surface area contributed by atoms with Crippen molar-refractivity contribution < 1.29 is 31.5 Å². The third-order valence-corrected chi connectivity index (χ3v) is 2.53. The fourth-order valence-electron chi connectivity index (χ4n) is 1.35. The molecule has 0 radical (unpaired) electrons. The summed E-state index contributed by atoms with van der Waals surface area (Å²) in [5.74, 6) is -6.62. The van der Waals surface area contributed by atoms with Crippen molar-refractivity contribution in [3.8, 4) is 0 Å². The van der Waals surface area contributed by atoms with Gasteiger partial charge >= 0.3 is 18.1 Å². The third kappa shape index (κ3) is 3.89. The molecule has 0 amide bonds. The van der Waals surface area contributed by atoms with Gasteiger partial charge in [-0.1, -0.05) is 30.3 Å². The van der Waals surface area contributed by atoms with E-state index < -0.39 is 30.2 Å². The maximum absolute atomic E-state index is 13.9. The molecule has 0 fully saturated rings. The highest BCUT2D eigenvalue weighted by Gasteiger charge is 2.54. The Morgan fingerprint density at radius 2 is 1.65 bits per heavy atom. The van der Waals surface area contributed by atoms with Crippen molar-refractivity contribution in [3.05, 3.63) is 35.9 Å². The van der Waals surface area contributed by atoms with E-state index in [2.05, 4.69) is 4.74 Å². The summed E-state index contributed by atoms with van der Waals surface area (Å²) in [7, 11) is 0. The molecule has 2 N–H and O–H groups in total. The van der Waals surface area contributed by atoms with Gasteiger partial charge in [-0.2, -0.15) is 13.2 Å². The lowest BCUT2D eigenvalue weighted by atomic mass is 9.99. The van der Waals surface area contributed by atoms with E-state index in [1.54, 1.807) is 6.07 Å². The van der Waals surface area contributed by atoms with Gasteiger partial charge in [0.2, 0.25) is 5.72 Å². The van der Waals surface area contributed by atoms with Crippen molar-refractivity contribution >= 4 is 5.97 Å². The van der Waals surface area contributed by atoms with Gasteiger partial charge in [0.05, 0.1) is 0 Å². The molecule has 8 heteroatoms. The molecule has 0 saturated heterocycles. The lowest BCUT2D eigenvalue weighted by Gasteiger charge is -2.33. The minimum absolute atomic E-state index is 0.150. The predicted molar refractivity (Wildman–Crippen MR) is 59.8 cm³/mol. The molecule has 1 aromatic carbocycles. The number of rotatable bonds is 4. The number of ether oxygens (including phenoxy) is 1. The van der Waals surface area contributed by atoms with Gasteiger partial charge in [0.1, 0.15) is 0 Å². The summed E-state index contributed by atoms with van der Waals surface area (Å²) >= 11 is 0. The van der Waals surface area contributed by atoms with Crippen LogP contribution in [0, 0.1) is 0 Å². The highest BCUT2D eigenvalue weighted by molar-refractivity contribution is 5.76. The van der Waals surface area contributed by atoms with Crippen LogP contribution in [0.5, 0.6) is 0 Å². The van der Waals surface area contributed by atoms with Crippen LogP contribution in [0.3, 0.4) is 0 Å². The molecular formula is C12H12F5NO2. The lowest BCUT2D eigenvalue weighted by molar-refractivity contribution is -0.240. The molecule has 20 heavy (non-hydrogen) atoms. The highest BCUT2D eigenvalue weighted by Crippen LogP contribution is 2.33. The molecule has 0 aliphatic carbocycles. The molecule has 0 spiro atoms. The van der Waals surface area contributed by atoms with Gasteiger partial charge in [-0.25, -0.2) is 13.6 Å². The number of hydrogen-bond donors (Lipinski definition) is 1. The quantitative estimate of drug-likeness (QED) is 0.528. The summed E-state index contributed by atoms with van der Waals surface area (Å²) in [4.78, 5) is 10.6. The predicted octanol–water partition coefficient (Wildman–Crippen LogP) is 2.64. The van der Waals surface area contributed by atoms with Crippen LogP contribution in [-0.2, 0) is 16.0 Å². The number of benzene rings is 1. The first-order chi connectivity index (χ1) is 8.96. The molecule has 3 nitrogen and oxygen atoms in total. The summed E-state index contributed by atoms with van der Waals surface area (Å²) in [6.45, 7) is 0.527. The number of halogens is 5. The van der Waals surface area contributed by atoms with Crippen LogP contribution < -0.4 is 5.73 Å². The van der Waals surface area contributed by atoms with E-state index in [0.717, 1.165) is 0 Å². The van der Waals surface area contributed by atoms with Gasteiger partial charge in [-0.15, -0.1) is 0 Å². The first-order valence-electron chi connectivity index (χ1n) is 5.46. The van der Waals surface area contributed by atoms with E-state index >= 15 is 0 Å². The molecule has 0 aliphatic rings. The number of esters is 1. The van der Waals surface area contributed by atoms with Crippen molar-refractivity contribution in [1.82, 2.24) is 0 Å². The van der Waals surface area contributed by atoms with Crippen LogP contribution in [0.1, 0.15) is 12.5 Å².